The second-order valence-electron chi connectivity index (χ2n) is 12.9. The van der Waals surface area contributed by atoms with Crippen molar-refractivity contribution in [3.8, 4) is 0 Å². The lowest BCUT2D eigenvalue weighted by Crippen LogP contribution is -2.58. The number of fused-ring (bicyclic) bond motifs is 5. The molecule has 3 unspecified atom stereocenters. The number of ether oxygens (including phenoxy) is 1. The van der Waals surface area contributed by atoms with Crippen LogP contribution in [0.3, 0.4) is 0 Å². The van der Waals surface area contributed by atoms with Gasteiger partial charge >= 0.3 is 0 Å². The summed E-state index contributed by atoms with van der Waals surface area (Å²) in [7, 11) is 0. The average Bonchev–Trinajstić information content (AvgIpc) is 3.23. The van der Waals surface area contributed by atoms with Gasteiger partial charge in [0.2, 0.25) is 5.79 Å². The minimum atomic E-state index is -0.610. The predicted molar refractivity (Wildman–Crippen MR) is 136 cm³/mol. The van der Waals surface area contributed by atoms with Crippen LogP contribution in [0.25, 0.3) is 5.57 Å². The van der Waals surface area contributed by atoms with E-state index in [0.717, 1.165) is 54.6 Å². The molecular formula is C31H42O4. The number of carbonyl (C=O) groups excluding carboxylic acids is 1. The highest BCUT2D eigenvalue weighted by molar-refractivity contribution is 5.79. The molecule has 35 heavy (non-hydrogen) atoms. The summed E-state index contributed by atoms with van der Waals surface area (Å²) in [4.78, 5) is 24.5. The van der Waals surface area contributed by atoms with Gasteiger partial charge < -0.3 is 4.74 Å². The van der Waals surface area contributed by atoms with Gasteiger partial charge in [0.15, 0.2) is 0 Å². The van der Waals surface area contributed by atoms with Crippen molar-refractivity contribution in [3.63, 3.8) is 0 Å². The van der Waals surface area contributed by atoms with Crippen molar-refractivity contribution >= 4 is 11.4 Å². The van der Waals surface area contributed by atoms with Crippen molar-refractivity contribution in [3.05, 3.63) is 42.5 Å². The Bertz CT molecular complexity index is 979. The molecule has 4 heteroatoms. The van der Waals surface area contributed by atoms with Crippen molar-refractivity contribution in [2.45, 2.75) is 90.4 Å². The standard InChI is InChI=1S/C31H42O4/c1-20(22-8-6-5-7-9-22)28-19-33-31(35-34-28)17-16-29(3)23(18-31)10-11-24-26-13-12-25(21(2)32)30(26,4)15-14-27(24)29/h5-9,23-28H,1,10-19H2,2-4H3/t23?,24-,25+,26-,27-,28?,29-,30+,31?/m0/s1. The Labute approximate surface area is 210 Å². The van der Waals surface area contributed by atoms with Crippen molar-refractivity contribution in [1.82, 2.24) is 0 Å². The third-order valence-electron chi connectivity index (χ3n) is 11.5. The summed E-state index contributed by atoms with van der Waals surface area (Å²) >= 11 is 0. The first kappa shape index (κ1) is 23.9. The first-order valence-electron chi connectivity index (χ1n) is 14.0. The summed E-state index contributed by atoms with van der Waals surface area (Å²) in [5, 5.41) is 0. The summed E-state index contributed by atoms with van der Waals surface area (Å²) in [6.07, 6.45) is 10.1. The van der Waals surface area contributed by atoms with Gasteiger partial charge in [0.1, 0.15) is 11.9 Å². The van der Waals surface area contributed by atoms with E-state index in [0.29, 0.717) is 23.7 Å². The summed E-state index contributed by atoms with van der Waals surface area (Å²) in [5.41, 5.74) is 2.54. The van der Waals surface area contributed by atoms with Crippen molar-refractivity contribution in [2.75, 3.05) is 6.61 Å². The lowest BCUT2D eigenvalue weighted by Gasteiger charge is -2.62. The molecule has 1 saturated heterocycles. The van der Waals surface area contributed by atoms with Gasteiger partial charge in [-0.15, -0.1) is 0 Å². The van der Waals surface area contributed by atoms with Gasteiger partial charge in [0.25, 0.3) is 0 Å². The minimum Gasteiger partial charge on any atom is -0.344 e. The van der Waals surface area contributed by atoms with E-state index < -0.39 is 5.79 Å². The zero-order valence-electron chi connectivity index (χ0n) is 21.8. The van der Waals surface area contributed by atoms with E-state index in [4.69, 9.17) is 14.5 Å². The Kier molecular flexibility index (Phi) is 5.82. The van der Waals surface area contributed by atoms with Crippen molar-refractivity contribution in [1.29, 1.82) is 0 Å². The fourth-order valence-electron chi connectivity index (χ4n) is 9.49. The largest absolute Gasteiger partial charge is 0.344 e. The fourth-order valence-corrected chi connectivity index (χ4v) is 9.49. The molecule has 1 aromatic carbocycles. The highest BCUT2D eigenvalue weighted by Gasteiger charge is 2.62. The van der Waals surface area contributed by atoms with E-state index in [1.807, 2.05) is 25.1 Å². The van der Waals surface area contributed by atoms with Gasteiger partial charge in [-0.1, -0.05) is 50.8 Å². The van der Waals surface area contributed by atoms with Gasteiger partial charge in [-0.2, -0.15) is 0 Å². The zero-order valence-corrected chi connectivity index (χ0v) is 21.8. The number of hydrogen-bond donors (Lipinski definition) is 0. The molecule has 4 saturated carbocycles. The van der Waals surface area contributed by atoms with E-state index in [1.54, 1.807) is 0 Å². The van der Waals surface area contributed by atoms with E-state index >= 15 is 0 Å². The first-order chi connectivity index (χ1) is 16.8. The second kappa shape index (κ2) is 8.53. The molecule has 6 rings (SSSR count). The van der Waals surface area contributed by atoms with Gasteiger partial charge in [0.05, 0.1) is 6.61 Å². The predicted octanol–water partition coefficient (Wildman–Crippen LogP) is 6.99. The van der Waals surface area contributed by atoms with Crippen LogP contribution < -0.4 is 0 Å². The third-order valence-corrected chi connectivity index (χ3v) is 11.5. The molecule has 1 heterocycles. The van der Waals surface area contributed by atoms with Crippen LogP contribution in [-0.2, 0) is 19.3 Å². The van der Waals surface area contributed by atoms with Crippen LogP contribution in [0.1, 0.15) is 84.1 Å². The minimum absolute atomic E-state index is 0.228. The van der Waals surface area contributed by atoms with Gasteiger partial charge in [-0.05, 0) is 97.5 Å². The monoisotopic (exact) mass is 478 g/mol. The first-order valence-corrected chi connectivity index (χ1v) is 14.0. The van der Waals surface area contributed by atoms with Crippen LogP contribution in [0, 0.1) is 40.4 Å². The zero-order chi connectivity index (χ0) is 24.4. The van der Waals surface area contributed by atoms with Crippen LogP contribution in [0.5, 0.6) is 0 Å². The molecule has 0 radical (unpaired) electrons. The molecule has 0 amide bonds. The van der Waals surface area contributed by atoms with Crippen molar-refractivity contribution in [2.24, 2.45) is 40.4 Å². The Balaban J connectivity index is 1.13. The topological polar surface area (TPSA) is 44.8 Å². The molecular weight excluding hydrogens is 436 g/mol. The molecule has 0 N–H and O–H groups in total. The SMILES string of the molecule is C=C(c1ccccc1)C1COC2(CC[C@@]3(C)C(CC[C@H]4[C@@H]5CC[C@H](C(C)=O)[C@@]5(C)CC[C@@H]43)C2)OO1. The fraction of sp³-hybridized carbons (Fsp3) is 0.710. The second-order valence-corrected chi connectivity index (χ2v) is 12.9. The summed E-state index contributed by atoms with van der Waals surface area (Å²) in [6, 6.07) is 10.2. The maximum Gasteiger partial charge on any atom is 0.202 e. The van der Waals surface area contributed by atoms with Gasteiger partial charge in [0, 0.05) is 18.8 Å². The van der Waals surface area contributed by atoms with E-state index in [-0.39, 0.29) is 17.4 Å². The Hall–Kier alpha value is -1.49. The molecule has 1 aromatic rings. The molecule has 190 valence electrons. The number of carbonyl (C=O) groups is 1. The van der Waals surface area contributed by atoms with Crippen LogP contribution in [0.2, 0.25) is 0 Å². The van der Waals surface area contributed by atoms with Crippen molar-refractivity contribution < 1.29 is 19.3 Å². The quantitative estimate of drug-likeness (QED) is 0.439. The van der Waals surface area contributed by atoms with E-state index in [1.165, 1.54) is 32.1 Å². The normalized spacial score (nSPS) is 46.9. The Morgan fingerprint density at radius 3 is 2.43 bits per heavy atom. The van der Waals surface area contributed by atoms with Crippen LogP contribution in [0.4, 0.5) is 0 Å². The number of benzene rings is 1. The molecule has 5 fully saturated rings. The summed E-state index contributed by atoms with van der Waals surface area (Å²) in [5.74, 6) is 2.96. The Morgan fingerprint density at radius 2 is 1.71 bits per heavy atom. The number of rotatable bonds is 3. The van der Waals surface area contributed by atoms with Crippen LogP contribution in [0.15, 0.2) is 36.9 Å². The van der Waals surface area contributed by atoms with Crippen LogP contribution >= 0.6 is 0 Å². The maximum absolute atomic E-state index is 12.4. The molecule has 0 bridgehead atoms. The molecule has 5 aliphatic rings. The lowest BCUT2D eigenvalue weighted by molar-refractivity contribution is -0.489. The molecule has 1 aliphatic heterocycles. The number of hydrogen-bond acceptors (Lipinski definition) is 4. The number of Topliss-reactive ketones (excluding diaryl/α,β-unsaturated/α-hetero) is 1. The smallest absolute Gasteiger partial charge is 0.202 e. The summed E-state index contributed by atoms with van der Waals surface area (Å²) < 4.78 is 6.47. The molecule has 1 spiro atoms. The maximum atomic E-state index is 12.4. The Morgan fingerprint density at radius 1 is 0.943 bits per heavy atom. The van der Waals surface area contributed by atoms with Gasteiger partial charge in [-0.3, -0.25) is 4.79 Å². The average molecular weight is 479 g/mol. The van der Waals surface area contributed by atoms with E-state index in [2.05, 4.69) is 32.6 Å². The van der Waals surface area contributed by atoms with Gasteiger partial charge in [-0.25, -0.2) is 9.78 Å². The van der Waals surface area contributed by atoms with E-state index in [9.17, 15) is 4.79 Å². The third kappa shape index (κ3) is 3.69. The molecule has 4 aliphatic carbocycles. The highest BCUT2D eigenvalue weighted by atomic mass is 17.2. The molecule has 4 nitrogen and oxygen atoms in total. The molecule has 9 atom stereocenters. The molecule has 0 aromatic heterocycles. The number of ketones is 1. The highest BCUT2D eigenvalue weighted by Crippen LogP contribution is 2.68. The van der Waals surface area contributed by atoms with Crippen LogP contribution in [-0.4, -0.2) is 24.3 Å². The lowest BCUT2D eigenvalue weighted by atomic mass is 9.44. The summed E-state index contributed by atoms with van der Waals surface area (Å²) in [6.45, 7) is 11.6.